The zero-order valence-corrected chi connectivity index (χ0v) is 10.4. The molecule has 0 aliphatic heterocycles. The lowest BCUT2D eigenvalue weighted by atomic mass is 10.0. The van der Waals surface area contributed by atoms with Crippen molar-refractivity contribution in [3.8, 4) is 5.75 Å². The summed E-state index contributed by atoms with van der Waals surface area (Å²) in [7, 11) is 0. The van der Waals surface area contributed by atoms with Crippen LogP contribution in [0.25, 0.3) is 0 Å². The molecule has 1 aromatic rings. The van der Waals surface area contributed by atoms with Crippen LogP contribution in [0.4, 0.5) is 8.78 Å². The summed E-state index contributed by atoms with van der Waals surface area (Å²) in [5.74, 6) is 0.390. The van der Waals surface area contributed by atoms with Crippen molar-refractivity contribution in [2.75, 3.05) is 6.61 Å². The van der Waals surface area contributed by atoms with Crippen LogP contribution >= 0.6 is 11.6 Å². The Morgan fingerprint density at radius 3 is 2.71 bits per heavy atom. The van der Waals surface area contributed by atoms with E-state index in [0.717, 1.165) is 6.42 Å². The zero-order valence-electron chi connectivity index (χ0n) is 9.63. The van der Waals surface area contributed by atoms with Gasteiger partial charge in [-0.1, -0.05) is 24.6 Å². The van der Waals surface area contributed by atoms with Gasteiger partial charge in [-0.05, 0) is 25.0 Å². The van der Waals surface area contributed by atoms with Crippen LogP contribution in [0.2, 0.25) is 5.02 Å². The highest BCUT2D eigenvalue weighted by atomic mass is 35.5. The first-order chi connectivity index (χ1) is 8.04. The van der Waals surface area contributed by atoms with Gasteiger partial charge in [-0.3, -0.25) is 0 Å². The van der Waals surface area contributed by atoms with E-state index in [1.807, 2.05) is 6.92 Å². The summed E-state index contributed by atoms with van der Waals surface area (Å²) in [4.78, 5) is 0. The Morgan fingerprint density at radius 1 is 1.41 bits per heavy atom. The minimum absolute atomic E-state index is 0.0520. The molecular weight excluding hydrogens is 248 g/mol. The van der Waals surface area contributed by atoms with E-state index in [0.29, 0.717) is 22.8 Å². The van der Waals surface area contributed by atoms with Crippen molar-refractivity contribution in [1.29, 1.82) is 0 Å². The maximum Gasteiger partial charge on any atom is 0.272 e. The van der Waals surface area contributed by atoms with Crippen molar-refractivity contribution in [3.63, 3.8) is 0 Å². The van der Waals surface area contributed by atoms with Crippen LogP contribution in [0.15, 0.2) is 18.2 Å². The molecule has 0 bridgehead atoms. The normalized spacial score (nSPS) is 12.8. The Morgan fingerprint density at radius 2 is 2.12 bits per heavy atom. The first kappa shape index (κ1) is 14.2. The second-order valence-electron chi connectivity index (χ2n) is 3.79. The molecule has 1 rings (SSSR count). The lowest BCUT2D eigenvalue weighted by molar-refractivity contribution is 0.0814. The fourth-order valence-electron chi connectivity index (χ4n) is 1.43. The maximum absolute atomic E-state index is 12.1. The van der Waals surface area contributed by atoms with Crippen molar-refractivity contribution in [2.24, 2.45) is 5.73 Å². The topological polar surface area (TPSA) is 35.2 Å². The SMILES string of the molecule is CCC(N)Cc1c(Cl)cccc1OCC(F)F. The van der Waals surface area contributed by atoms with E-state index < -0.39 is 13.0 Å². The van der Waals surface area contributed by atoms with Gasteiger partial charge >= 0.3 is 0 Å². The quantitative estimate of drug-likeness (QED) is 0.855. The summed E-state index contributed by atoms with van der Waals surface area (Å²) in [6.07, 6.45) is -1.18. The molecule has 0 aliphatic rings. The zero-order chi connectivity index (χ0) is 12.8. The third-order valence-corrected chi connectivity index (χ3v) is 2.79. The minimum atomic E-state index is -2.50. The number of rotatable bonds is 6. The Bertz CT molecular complexity index is 360. The molecule has 17 heavy (non-hydrogen) atoms. The number of alkyl halides is 2. The van der Waals surface area contributed by atoms with Crippen LogP contribution in [0.5, 0.6) is 5.75 Å². The van der Waals surface area contributed by atoms with Crippen molar-refractivity contribution in [1.82, 2.24) is 0 Å². The van der Waals surface area contributed by atoms with Gasteiger partial charge in [0.2, 0.25) is 0 Å². The summed E-state index contributed by atoms with van der Waals surface area (Å²) in [5, 5.41) is 0.501. The maximum atomic E-state index is 12.1. The molecule has 0 amide bonds. The number of hydrogen-bond donors (Lipinski definition) is 1. The minimum Gasteiger partial charge on any atom is -0.487 e. The van der Waals surface area contributed by atoms with Gasteiger partial charge < -0.3 is 10.5 Å². The molecule has 0 saturated carbocycles. The van der Waals surface area contributed by atoms with Crippen molar-refractivity contribution in [3.05, 3.63) is 28.8 Å². The number of hydrogen-bond acceptors (Lipinski definition) is 2. The molecule has 0 spiro atoms. The van der Waals surface area contributed by atoms with Gasteiger partial charge in [-0.25, -0.2) is 8.78 Å². The average Bonchev–Trinajstić information content (AvgIpc) is 2.29. The molecule has 1 unspecified atom stereocenters. The van der Waals surface area contributed by atoms with E-state index in [9.17, 15) is 8.78 Å². The lowest BCUT2D eigenvalue weighted by Gasteiger charge is -2.15. The fourth-order valence-corrected chi connectivity index (χ4v) is 1.67. The smallest absolute Gasteiger partial charge is 0.272 e. The van der Waals surface area contributed by atoms with Crippen molar-refractivity contribution in [2.45, 2.75) is 32.2 Å². The molecule has 0 fully saturated rings. The van der Waals surface area contributed by atoms with Crippen LogP contribution in [0.1, 0.15) is 18.9 Å². The first-order valence-corrected chi connectivity index (χ1v) is 5.86. The predicted octanol–water partition coefficient (Wildman–Crippen LogP) is 3.26. The largest absolute Gasteiger partial charge is 0.487 e. The molecular formula is C12H16ClF2NO. The molecule has 0 aromatic heterocycles. The van der Waals surface area contributed by atoms with Crippen LogP contribution in [0.3, 0.4) is 0 Å². The van der Waals surface area contributed by atoms with Gasteiger partial charge in [0.25, 0.3) is 6.43 Å². The van der Waals surface area contributed by atoms with Gasteiger partial charge in [0.05, 0.1) is 0 Å². The molecule has 96 valence electrons. The van der Waals surface area contributed by atoms with E-state index in [2.05, 4.69) is 0 Å². The Kier molecular flexibility index (Phi) is 5.65. The van der Waals surface area contributed by atoms with E-state index in [1.165, 1.54) is 0 Å². The monoisotopic (exact) mass is 263 g/mol. The molecule has 0 heterocycles. The molecule has 2 nitrogen and oxygen atoms in total. The molecule has 0 saturated heterocycles. The summed E-state index contributed by atoms with van der Waals surface area (Å²) < 4.78 is 29.2. The standard InChI is InChI=1S/C12H16ClF2NO/c1-2-8(16)6-9-10(13)4-3-5-11(9)17-7-12(14)15/h3-5,8,12H,2,6-7,16H2,1H3. The van der Waals surface area contributed by atoms with Crippen LogP contribution in [-0.4, -0.2) is 19.1 Å². The van der Waals surface area contributed by atoms with Gasteiger partial charge in [-0.2, -0.15) is 0 Å². The molecule has 0 radical (unpaired) electrons. The van der Waals surface area contributed by atoms with Crippen LogP contribution < -0.4 is 10.5 Å². The third kappa shape index (κ3) is 4.48. The highest BCUT2D eigenvalue weighted by Gasteiger charge is 2.13. The predicted molar refractivity (Wildman–Crippen MR) is 64.9 cm³/mol. The summed E-state index contributed by atoms with van der Waals surface area (Å²) in [6, 6.07) is 4.95. The Labute approximate surface area is 105 Å². The van der Waals surface area contributed by atoms with Crippen molar-refractivity contribution < 1.29 is 13.5 Å². The summed E-state index contributed by atoms with van der Waals surface area (Å²) in [5.41, 5.74) is 6.53. The van der Waals surface area contributed by atoms with Gasteiger partial charge in [-0.15, -0.1) is 0 Å². The van der Waals surface area contributed by atoms with Crippen molar-refractivity contribution >= 4 is 11.6 Å². The van der Waals surface area contributed by atoms with Gasteiger partial charge in [0.1, 0.15) is 12.4 Å². The van der Waals surface area contributed by atoms with E-state index >= 15 is 0 Å². The van der Waals surface area contributed by atoms with Crippen LogP contribution in [0, 0.1) is 0 Å². The lowest BCUT2D eigenvalue weighted by Crippen LogP contribution is -2.22. The highest BCUT2D eigenvalue weighted by Crippen LogP contribution is 2.28. The second kappa shape index (κ2) is 6.77. The molecule has 2 N–H and O–H groups in total. The molecule has 1 atom stereocenters. The first-order valence-electron chi connectivity index (χ1n) is 5.48. The second-order valence-corrected chi connectivity index (χ2v) is 4.20. The van der Waals surface area contributed by atoms with Crippen LogP contribution in [-0.2, 0) is 6.42 Å². The average molecular weight is 264 g/mol. The summed E-state index contributed by atoms with van der Waals surface area (Å²) >= 11 is 6.02. The number of nitrogens with two attached hydrogens (primary N) is 1. The Hall–Kier alpha value is -0.870. The number of ether oxygens (including phenoxy) is 1. The number of halogens is 3. The van der Waals surface area contributed by atoms with E-state index in [-0.39, 0.29) is 6.04 Å². The van der Waals surface area contributed by atoms with Gasteiger partial charge in [0, 0.05) is 16.6 Å². The van der Waals surface area contributed by atoms with Gasteiger partial charge in [0.15, 0.2) is 0 Å². The highest BCUT2D eigenvalue weighted by molar-refractivity contribution is 6.31. The third-order valence-electron chi connectivity index (χ3n) is 2.43. The summed E-state index contributed by atoms with van der Waals surface area (Å²) in [6.45, 7) is 1.33. The Balaban J connectivity index is 2.84. The molecule has 5 heteroatoms. The molecule has 1 aromatic carbocycles. The fraction of sp³-hybridized carbons (Fsp3) is 0.500. The molecule has 0 aliphatic carbocycles. The van der Waals surface area contributed by atoms with E-state index in [4.69, 9.17) is 22.1 Å². The number of benzene rings is 1. The van der Waals surface area contributed by atoms with E-state index in [1.54, 1.807) is 18.2 Å².